The first kappa shape index (κ1) is 15.8. The van der Waals surface area contributed by atoms with Crippen molar-refractivity contribution in [1.82, 2.24) is 10.2 Å². The van der Waals surface area contributed by atoms with Crippen molar-refractivity contribution in [2.24, 2.45) is 5.92 Å². The third-order valence-corrected chi connectivity index (χ3v) is 2.72. The first-order valence-corrected chi connectivity index (χ1v) is 6.60. The molecule has 1 aliphatic rings. The highest BCUT2D eigenvalue weighted by molar-refractivity contribution is 5.79. The maximum atomic E-state index is 11.5. The Morgan fingerprint density at radius 3 is 2.68 bits per heavy atom. The van der Waals surface area contributed by atoms with Crippen LogP contribution >= 0.6 is 0 Å². The van der Waals surface area contributed by atoms with Gasteiger partial charge in [0, 0.05) is 19.6 Å². The van der Waals surface area contributed by atoms with E-state index in [1.54, 1.807) is 25.7 Å². The molecule has 0 aliphatic carbocycles. The lowest BCUT2D eigenvalue weighted by atomic mass is 10.1. The fourth-order valence-electron chi connectivity index (χ4n) is 1.94. The minimum atomic E-state index is -0.557. The second-order valence-corrected chi connectivity index (χ2v) is 6.14. The topological polar surface area (TPSA) is 78.9 Å². The average Bonchev–Trinajstić information content (AvgIpc) is 2.52. The van der Waals surface area contributed by atoms with Gasteiger partial charge in [-0.05, 0) is 26.7 Å². The molecule has 1 heterocycles. The number of β-amino-alcohol motifs (C(OH)–C–C–N with tert-alkyl or cyclic N) is 1. The number of ether oxygens (including phenoxy) is 1. The number of aliphatic hydroxyl groups excluding tert-OH is 1. The average molecular weight is 272 g/mol. The summed E-state index contributed by atoms with van der Waals surface area (Å²) in [5.74, 6) is 0.0818. The van der Waals surface area contributed by atoms with Crippen LogP contribution in [0.5, 0.6) is 0 Å². The van der Waals surface area contributed by atoms with Crippen LogP contribution in [0, 0.1) is 5.92 Å². The van der Waals surface area contributed by atoms with Crippen LogP contribution in [-0.4, -0.2) is 53.3 Å². The van der Waals surface area contributed by atoms with Crippen molar-refractivity contribution in [2.45, 2.75) is 45.8 Å². The van der Waals surface area contributed by atoms with Gasteiger partial charge in [-0.2, -0.15) is 0 Å². The van der Waals surface area contributed by atoms with Crippen LogP contribution in [0.2, 0.25) is 0 Å². The van der Waals surface area contributed by atoms with Crippen LogP contribution < -0.4 is 5.32 Å². The summed E-state index contributed by atoms with van der Waals surface area (Å²) in [7, 11) is 0. The van der Waals surface area contributed by atoms with E-state index in [4.69, 9.17) is 4.74 Å². The summed E-state index contributed by atoms with van der Waals surface area (Å²) in [6.07, 6.45) is -0.808. The van der Waals surface area contributed by atoms with Crippen LogP contribution in [0.1, 0.15) is 34.1 Å². The molecule has 2 amide bonds. The summed E-state index contributed by atoms with van der Waals surface area (Å²) >= 11 is 0. The van der Waals surface area contributed by atoms with Gasteiger partial charge >= 0.3 is 6.09 Å². The third-order valence-electron chi connectivity index (χ3n) is 2.72. The van der Waals surface area contributed by atoms with E-state index < -0.39 is 17.8 Å². The van der Waals surface area contributed by atoms with E-state index in [0.29, 0.717) is 19.6 Å². The Balaban J connectivity index is 2.26. The maximum Gasteiger partial charge on any atom is 0.407 e. The lowest BCUT2D eigenvalue weighted by Crippen LogP contribution is -2.38. The molecule has 0 aromatic carbocycles. The van der Waals surface area contributed by atoms with Crippen molar-refractivity contribution in [1.29, 1.82) is 0 Å². The Labute approximate surface area is 114 Å². The van der Waals surface area contributed by atoms with E-state index in [2.05, 4.69) is 5.32 Å². The molecule has 0 saturated carbocycles. The number of nitrogens with one attached hydrogen (secondary N) is 1. The van der Waals surface area contributed by atoms with Gasteiger partial charge in [0.05, 0.1) is 12.5 Å². The van der Waals surface area contributed by atoms with Crippen molar-refractivity contribution < 1.29 is 19.4 Å². The summed E-state index contributed by atoms with van der Waals surface area (Å²) < 4.78 is 5.13. The van der Waals surface area contributed by atoms with Gasteiger partial charge < -0.3 is 20.1 Å². The number of amides is 2. The lowest BCUT2D eigenvalue weighted by Gasteiger charge is -2.23. The second-order valence-electron chi connectivity index (χ2n) is 6.14. The molecule has 2 atom stereocenters. The molecule has 1 fully saturated rings. The Kier molecular flexibility index (Phi) is 5.17. The van der Waals surface area contributed by atoms with Gasteiger partial charge in [-0.1, -0.05) is 6.92 Å². The Hall–Kier alpha value is -1.30. The molecule has 0 spiro atoms. The molecule has 1 saturated heterocycles. The van der Waals surface area contributed by atoms with Gasteiger partial charge in [-0.15, -0.1) is 0 Å². The molecule has 2 N–H and O–H groups in total. The SMILES string of the molecule is CC(CNC(=O)OC(C)(C)C)CN1CC(O)CC1=O. The van der Waals surface area contributed by atoms with Crippen LogP contribution in [0.4, 0.5) is 4.79 Å². The molecule has 0 aromatic heterocycles. The zero-order valence-electron chi connectivity index (χ0n) is 12.1. The smallest absolute Gasteiger partial charge is 0.407 e. The van der Waals surface area contributed by atoms with E-state index >= 15 is 0 Å². The van der Waals surface area contributed by atoms with Crippen LogP contribution in [0.3, 0.4) is 0 Å². The predicted molar refractivity (Wildman–Crippen MR) is 70.6 cm³/mol. The van der Waals surface area contributed by atoms with Crippen LogP contribution in [-0.2, 0) is 9.53 Å². The molecule has 2 unspecified atom stereocenters. The van der Waals surface area contributed by atoms with Crippen molar-refractivity contribution in [3.8, 4) is 0 Å². The largest absolute Gasteiger partial charge is 0.444 e. The van der Waals surface area contributed by atoms with E-state index in [1.165, 1.54) is 0 Å². The highest BCUT2D eigenvalue weighted by atomic mass is 16.6. The van der Waals surface area contributed by atoms with Gasteiger partial charge in [0.25, 0.3) is 0 Å². The summed E-state index contributed by atoms with van der Waals surface area (Å²) in [5.41, 5.74) is -0.512. The first-order valence-electron chi connectivity index (χ1n) is 6.60. The molecule has 19 heavy (non-hydrogen) atoms. The summed E-state index contributed by atoms with van der Waals surface area (Å²) in [4.78, 5) is 24.6. The van der Waals surface area contributed by atoms with Crippen LogP contribution in [0.15, 0.2) is 0 Å². The van der Waals surface area contributed by atoms with E-state index in [1.807, 2.05) is 6.92 Å². The number of alkyl carbamates (subject to hydrolysis) is 1. The zero-order valence-corrected chi connectivity index (χ0v) is 12.1. The fourth-order valence-corrected chi connectivity index (χ4v) is 1.94. The number of carbonyl (C=O) groups excluding carboxylic acids is 2. The van der Waals surface area contributed by atoms with Gasteiger partial charge in [0.1, 0.15) is 5.60 Å². The highest BCUT2D eigenvalue weighted by Gasteiger charge is 2.28. The molecular formula is C13H24N2O4. The van der Waals surface area contributed by atoms with Crippen molar-refractivity contribution in [2.75, 3.05) is 19.6 Å². The second kappa shape index (κ2) is 6.23. The number of carbonyl (C=O) groups is 2. The standard InChI is InChI=1S/C13H24N2O4/c1-9(6-14-12(18)19-13(2,3)4)7-15-8-10(16)5-11(15)17/h9-10,16H,5-8H2,1-4H3,(H,14,18). The Bertz CT molecular complexity index is 338. The van der Waals surface area contributed by atoms with Crippen molar-refractivity contribution in [3.63, 3.8) is 0 Å². The summed E-state index contributed by atoms with van der Waals surface area (Å²) in [5, 5.41) is 12.1. The minimum absolute atomic E-state index is 0.0309. The molecule has 6 heteroatoms. The Morgan fingerprint density at radius 2 is 2.21 bits per heavy atom. The molecule has 0 radical (unpaired) electrons. The maximum absolute atomic E-state index is 11.5. The van der Waals surface area contributed by atoms with Gasteiger partial charge in [0.2, 0.25) is 5.91 Å². The highest BCUT2D eigenvalue weighted by Crippen LogP contribution is 2.13. The number of likely N-dealkylation sites (tertiary alicyclic amines) is 1. The normalized spacial score (nSPS) is 21.4. The molecule has 110 valence electrons. The number of hydrogen-bond donors (Lipinski definition) is 2. The number of aliphatic hydroxyl groups is 1. The molecule has 1 rings (SSSR count). The van der Waals surface area contributed by atoms with Gasteiger partial charge in [-0.3, -0.25) is 4.79 Å². The summed E-state index contributed by atoms with van der Waals surface area (Å²) in [6.45, 7) is 8.71. The quantitative estimate of drug-likeness (QED) is 0.791. The zero-order chi connectivity index (χ0) is 14.6. The van der Waals surface area contributed by atoms with E-state index in [0.717, 1.165) is 0 Å². The van der Waals surface area contributed by atoms with E-state index in [-0.39, 0.29) is 18.2 Å². The predicted octanol–water partition coefficient (Wildman–Crippen LogP) is 0.740. The number of hydrogen-bond acceptors (Lipinski definition) is 4. The Morgan fingerprint density at radius 1 is 1.58 bits per heavy atom. The van der Waals surface area contributed by atoms with Crippen LogP contribution in [0.25, 0.3) is 0 Å². The monoisotopic (exact) mass is 272 g/mol. The first-order chi connectivity index (χ1) is 8.67. The molecule has 1 aliphatic heterocycles. The molecule has 0 aromatic rings. The molecule has 0 bridgehead atoms. The summed E-state index contributed by atoms with van der Waals surface area (Å²) in [6, 6.07) is 0. The number of nitrogens with zero attached hydrogens (tertiary/aromatic N) is 1. The third kappa shape index (κ3) is 5.92. The molecular weight excluding hydrogens is 248 g/mol. The van der Waals surface area contributed by atoms with E-state index in [9.17, 15) is 14.7 Å². The van der Waals surface area contributed by atoms with Gasteiger partial charge in [0.15, 0.2) is 0 Å². The number of rotatable bonds is 4. The minimum Gasteiger partial charge on any atom is -0.444 e. The van der Waals surface area contributed by atoms with Crippen molar-refractivity contribution in [3.05, 3.63) is 0 Å². The fraction of sp³-hybridized carbons (Fsp3) is 0.846. The molecule has 6 nitrogen and oxygen atoms in total. The van der Waals surface area contributed by atoms with Gasteiger partial charge in [-0.25, -0.2) is 4.79 Å². The van der Waals surface area contributed by atoms with Crippen molar-refractivity contribution >= 4 is 12.0 Å². The lowest BCUT2D eigenvalue weighted by molar-refractivity contribution is -0.128.